The first-order valence-corrected chi connectivity index (χ1v) is 18.3. The molecule has 4 heteroatoms. The van der Waals surface area contributed by atoms with Crippen LogP contribution in [-0.4, -0.2) is 19.1 Å². The fourth-order valence-electron chi connectivity index (χ4n) is 8.24. The van der Waals surface area contributed by atoms with Crippen LogP contribution in [-0.2, 0) is 0 Å². The van der Waals surface area contributed by atoms with Gasteiger partial charge in [-0.2, -0.15) is 0 Å². The lowest BCUT2D eigenvalue weighted by Crippen LogP contribution is -2.04. The van der Waals surface area contributed by atoms with Gasteiger partial charge in [-0.25, -0.2) is 9.97 Å². The molecular weight excluding hydrogens is 657 g/mol. The summed E-state index contributed by atoms with van der Waals surface area (Å²) in [7, 11) is 0. The third kappa shape index (κ3) is 4.78. The molecule has 3 heterocycles. The third-order valence-corrected chi connectivity index (χ3v) is 10.7. The van der Waals surface area contributed by atoms with E-state index < -0.39 is 0 Å². The Labute approximate surface area is 311 Å². The largest absolute Gasteiger partial charge is 0.309 e. The number of benzene rings is 8. The number of aromatic nitrogens is 4. The summed E-state index contributed by atoms with van der Waals surface area (Å²) in [5, 5.41) is 7.32. The molecule has 0 aliphatic carbocycles. The van der Waals surface area contributed by atoms with Crippen molar-refractivity contribution < 1.29 is 0 Å². The Hall–Kier alpha value is -7.30. The summed E-state index contributed by atoms with van der Waals surface area (Å²) in [5.41, 5.74) is 11.8. The number of fused-ring (bicyclic) bond motifs is 8. The van der Waals surface area contributed by atoms with Gasteiger partial charge in [0.25, 0.3) is 0 Å². The molecule has 3 aromatic heterocycles. The molecule has 4 nitrogen and oxygen atoms in total. The van der Waals surface area contributed by atoms with Crippen molar-refractivity contribution in [3.8, 4) is 45.3 Å². The van der Waals surface area contributed by atoms with Crippen molar-refractivity contribution in [2.24, 2.45) is 0 Å². The van der Waals surface area contributed by atoms with Crippen molar-refractivity contribution in [2.45, 2.75) is 0 Å². The molecule has 0 amide bonds. The Morgan fingerprint density at radius 3 is 1.61 bits per heavy atom. The lowest BCUT2D eigenvalue weighted by Gasteiger charge is -2.12. The molecule has 54 heavy (non-hydrogen) atoms. The van der Waals surface area contributed by atoms with Crippen LogP contribution in [0.25, 0.3) is 99.7 Å². The van der Waals surface area contributed by atoms with E-state index in [9.17, 15) is 0 Å². The minimum atomic E-state index is 0.645. The van der Waals surface area contributed by atoms with Crippen molar-refractivity contribution in [2.75, 3.05) is 0 Å². The Kier molecular flexibility index (Phi) is 6.82. The van der Waals surface area contributed by atoms with Crippen LogP contribution in [0.2, 0.25) is 0 Å². The highest BCUT2D eigenvalue weighted by Crippen LogP contribution is 2.40. The van der Waals surface area contributed by atoms with E-state index in [1.807, 2.05) is 12.1 Å². The van der Waals surface area contributed by atoms with Crippen molar-refractivity contribution in [3.05, 3.63) is 194 Å². The second kappa shape index (κ2) is 12.1. The second-order valence-electron chi connectivity index (χ2n) is 13.8. The van der Waals surface area contributed by atoms with E-state index in [0.29, 0.717) is 5.95 Å². The lowest BCUT2D eigenvalue weighted by molar-refractivity contribution is 0.996. The number of hydrogen-bond donors (Lipinski definition) is 0. The van der Waals surface area contributed by atoms with Crippen LogP contribution in [0.15, 0.2) is 194 Å². The van der Waals surface area contributed by atoms with E-state index in [1.54, 1.807) is 0 Å². The molecule has 8 aromatic carbocycles. The first-order valence-electron chi connectivity index (χ1n) is 18.3. The van der Waals surface area contributed by atoms with Gasteiger partial charge in [0.15, 0.2) is 0 Å². The first-order chi connectivity index (χ1) is 26.8. The van der Waals surface area contributed by atoms with Gasteiger partial charge >= 0.3 is 0 Å². The summed E-state index contributed by atoms with van der Waals surface area (Å²) < 4.78 is 4.63. The van der Waals surface area contributed by atoms with Gasteiger partial charge in [0.2, 0.25) is 5.95 Å². The molecule has 0 atom stereocenters. The number of hydrogen-bond acceptors (Lipinski definition) is 2. The maximum atomic E-state index is 5.26. The van der Waals surface area contributed by atoms with E-state index >= 15 is 0 Å². The zero-order chi connectivity index (χ0) is 35.6. The molecule has 11 aromatic rings. The van der Waals surface area contributed by atoms with Crippen molar-refractivity contribution in [1.29, 1.82) is 0 Å². The molecule has 0 spiro atoms. The van der Waals surface area contributed by atoms with Crippen LogP contribution < -0.4 is 0 Å². The topological polar surface area (TPSA) is 35.6 Å². The number of rotatable bonds is 5. The Morgan fingerprint density at radius 2 is 0.870 bits per heavy atom. The highest BCUT2D eigenvalue weighted by atomic mass is 15.2. The summed E-state index contributed by atoms with van der Waals surface area (Å²) >= 11 is 0. The predicted molar refractivity (Wildman–Crippen MR) is 225 cm³/mol. The minimum absolute atomic E-state index is 0.645. The molecule has 0 saturated carbocycles. The zero-order valence-corrected chi connectivity index (χ0v) is 29.3. The molecule has 0 fully saturated rings. The molecule has 0 aliphatic rings. The maximum absolute atomic E-state index is 5.26. The molecule has 0 radical (unpaired) electrons. The standard InChI is InChI=1S/C50H32N4/c1-4-15-34(16-5-1)43-32-44(35-17-6-2-7-18-35)52-50(51-43)54-45-23-13-12-22-40(45)41-27-24-37(31-48(41)54)36-26-28-46-42(30-36)49-39-21-11-10-14-33(39)25-29-47(49)53(46)38-19-8-3-9-20-38/h1-32H. The minimum Gasteiger partial charge on any atom is -0.309 e. The Balaban J connectivity index is 1.16. The molecular formula is C50H32N4. The predicted octanol–water partition coefficient (Wildman–Crippen LogP) is 12.8. The van der Waals surface area contributed by atoms with Crippen LogP contribution in [0.5, 0.6) is 0 Å². The van der Waals surface area contributed by atoms with Gasteiger partial charge in [-0.1, -0.05) is 146 Å². The second-order valence-corrected chi connectivity index (χ2v) is 13.8. The maximum Gasteiger partial charge on any atom is 0.235 e. The molecule has 0 N–H and O–H groups in total. The van der Waals surface area contributed by atoms with Gasteiger partial charge in [-0.3, -0.25) is 4.57 Å². The molecule has 11 rings (SSSR count). The SMILES string of the molecule is c1ccc(-c2cc(-c3ccccc3)nc(-n3c4ccccc4c4ccc(-c5ccc6c(c5)c5c7ccccc7ccc5n6-c5ccccc5)cc43)n2)cc1. The van der Waals surface area contributed by atoms with E-state index in [1.165, 1.54) is 38.0 Å². The molecule has 0 aliphatic heterocycles. The lowest BCUT2D eigenvalue weighted by atomic mass is 9.99. The number of nitrogens with zero attached hydrogens (tertiary/aromatic N) is 4. The molecule has 252 valence electrons. The van der Waals surface area contributed by atoms with E-state index in [0.717, 1.165) is 55.7 Å². The van der Waals surface area contributed by atoms with Gasteiger partial charge in [-0.05, 0) is 70.4 Å². The monoisotopic (exact) mass is 688 g/mol. The van der Waals surface area contributed by atoms with Crippen LogP contribution in [0.1, 0.15) is 0 Å². The van der Waals surface area contributed by atoms with E-state index in [-0.39, 0.29) is 0 Å². The summed E-state index contributed by atoms with van der Waals surface area (Å²) in [6.07, 6.45) is 0. The van der Waals surface area contributed by atoms with E-state index in [4.69, 9.17) is 9.97 Å². The highest BCUT2D eigenvalue weighted by molar-refractivity contribution is 6.22. The summed E-state index contributed by atoms with van der Waals surface area (Å²) in [6, 6.07) is 69.0. The number of para-hydroxylation sites is 2. The van der Waals surface area contributed by atoms with Crippen LogP contribution in [0.4, 0.5) is 0 Å². The molecule has 0 bridgehead atoms. The fourth-order valence-corrected chi connectivity index (χ4v) is 8.24. The van der Waals surface area contributed by atoms with E-state index in [2.05, 4.69) is 191 Å². The summed E-state index contributed by atoms with van der Waals surface area (Å²) in [4.78, 5) is 10.5. The van der Waals surface area contributed by atoms with Crippen LogP contribution in [0, 0.1) is 0 Å². The molecule has 0 saturated heterocycles. The average Bonchev–Trinajstić information content (AvgIpc) is 3.77. The van der Waals surface area contributed by atoms with Gasteiger partial charge in [0, 0.05) is 38.4 Å². The Morgan fingerprint density at radius 1 is 0.315 bits per heavy atom. The van der Waals surface area contributed by atoms with Gasteiger partial charge in [-0.15, -0.1) is 0 Å². The van der Waals surface area contributed by atoms with Gasteiger partial charge < -0.3 is 4.57 Å². The fraction of sp³-hybridized carbons (Fsp3) is 0. The van der Waals surface area contributed by atoms with Crippen LogP contribution in [0.3, 0.4) is 0 Å². The highest BCUT2D eigenvalue weighted by Gasteiger charge is 2.19. The third-order valence-electron chi connectivity index (χ3n) is 10.7. The first kappa shape index (κ1) is 30.3. The summed E-state index contributed by atoms with van der Waals surface area (Å²) in [6.45, 7) is 0. The molecule has 0 unspecified atom stereocenters. The van der Waals surface area contributed by atoms with Gasteiger partial charge in [0.05, 0.1) is 33.5 Å². The Bertz CT molecular complexity index is 3140. The average molecular weight is 689 g/mol. The summed E-state index contributed by atoms with van der Waals surface area (Å²) in [5.74, 6) is 0.645. The quantitative estimate of drug-likeness (QED) is 0.180. The van der Waals surface area contributed by atoms with Crippen molar-refractivity contribution in [3.63, 3.8) is 0 Å². The van der Waals surface area contributed by atoms with Crippen molar-refractivity contribution in [1.82, 2.24) is 19.1 Å². The zero-order valence-electron chi connectivity index (χ0n) is 29.3. The van der Waals surface area contributed by atoms with Crippen LogP contribution >= 0.6 is 0 Å². The van der Waals surface area contributed by atoms with Gasteiger partial charge in [0.1, 0.15) is 0 Å². The smallest absolute Gasteiger partial charge is 0.235 e. The normalized spacial score (nSPS) is 11.7. The van der Waals surface area contributed by atoms with Crippen molar-refractivity contribution >= 4 is 54.4 Å².